The van der Waals surface area contributed by atoms with Gasteiger partial charge in [-0.1, -0.05) is 36.4 Å². The van der Waals surface area contributed by atoms with Crippen LogP contribution in [0.4, 0.5) is 13.2 Å². The molecule has 1 aromatic heterocycles. The molecule has 3 aromatic rings. The van der Waals surface area contributed by atoms with Crippen molar-refractivity contribution in [2.75, 3.05) is 7.05 Å². The molecule has 0 bridgehead atoms. The summed E-state index contributed by atoms with van der Waals surface area (Å²) in [5, 5.41) is 0.874. The molecule has 0 spiro atoms. The van der Waals surface area contributed by atoms with E-state index >= 15 is 0 Å². The number of pyridine rings is 1. The first kappa shape index (κ1) is 24.0. The number of carbonyl (C=O) groups excluding carboxylic acids is 3. The molecule has 186 valence electrons. The first-order valence-corrected chi connectivity index (χ1v) is 11.7. The number of alkyl halides is 3. The van der Waals surface area contributed by atoms with Crippen molar-refractivity contribution in [3.05, 3.63) is 77.5 Å². The lowest BCUT2D eigenvalue weighted by Gasteiger charge is -2.30. The molecular weight excluding hydrogens is 471 g/mol. The highest BCUT2D eigenvalue weighted by Gasteiger charge is 2.57. The Morgan fingerprint density at radius 1 is 1.11 bits per heavy atom. The third kappa shape index (κ3) is 4.23. The van der Waals surface area contributed by atoms with Crippen LogP contribution in [0.2, 0.25) is 0 Å². The standard InChI is InChI=1S/C27H24F3N3O3/c1-32(16-17-5-2-9-22-21(17)8-4-12-31-22)23(34)14-26(15-24(35)33(25(26)36)20-10-11-20)18-6-3-7-19(13-18)27(28,29)30/h2-9,12-13,20H,10-11,14-16H2,1H3/t26-/m1/s1. The van der Waals surface area contributed by atoms with Gasteiger partial charge in [0.05, 0.1) is 16.5 Å². The van der Waals surface area contributed by atoms with Gasteiger partial charge in [-0.2, -0.15) is 13.2 Å². The second kappa shape index (κ2) is 8.72. The Hall–Kier alpha value is -3.75. The van der Waals surface area contributed by atoms with Crippen molar-refractivity contribution in [2.24, 2.45) is 0 Å². The average molecular weight is 496 g/mol. The highest BCUT2D eigenvalue weighted by Crippen LogP contribution is 2.45. The molecule has 3 amide bonds. The van der Waals surface area contributed by atoms with Crippen LogP contribution >= 0.6 is 0 Å². The summed E-state index contributed by atoms with van der Waals surface area (Å²) in [6, 6.07) is 13.4. The number of fused-ring (bicyclic) bond motifs is 1. The Morgan fingerprint density at radius 2 is 1.86 bits per heavy atom. The van der Waals surface area contributed by atoms with Crippen LogP contribution in [-0.4, -0.2) is 45.6 Å². The van der Waals surface area contributed by atoms with Crippen molar-refractivity contribution in [1.82, 2.24) is 14.8 Å². The molecule has 2 aromatic carbocycles. The molecule has 0 N–H and O–H groups in total. The molecule has 1 saturated carbocycles. The summed E-state index contributed by atoms with van der Waals surface area (Å²) in [7, 11) is 1.58. The minimum Gasteiger partial charge on any atom is -0.341 e. The predicted octanol–water partition coefficient (Wildman–Crippen LogP) is 4.46. The molecule has 1 atom stereocenters. The SMILES string of the molecule is CN(Cc1cccc2ncccc12)C(=O)C[C@]1(c2cccc(C(F)(F)F)c2)CC(=O)N(C2CC2)C1=O. The van der Waals surface area contributed by atoms with E-state index in [9.17, 15) is 27.6 Å². The fraction of sp³-hybridized carbons (Fsp3) is 0.333. The first-order valence-electron chi connectivity index (χ1n) is 11.7. The Kier molecular flexibility index (Phi) is 5.81. The molecule has 1 aliphatic carbocycles. The third-order valence-electron chi connectivity index (χ3n) is 7.03. The molecule has 5 rings (SSSR count). The van der Waals surface area contributed by atoms with Gasteiger partial charge in [-0.15, -0.1) is 0 Å². The van der Waals surface area contributed by atoms with E-state index in [1.807, 2.05) is 24.3 Å². The highest BCUT2D eigenvalue weighted by molar-refractivity contribution is 6.11. The number of aromatic nitrogens is 1. The maximum absolute atomic E-state index is 13.6. The van der Waals surface area contributed by atoms with Crippen molar-refractivity contribution >= 4 is 28.6 Å². The van der Waals surface area contributed by atoms with Crippen LogP contribution in [-0.2, 0) is 32.5 Å². The summed E-state index contributed by atoms with van der Waals surface area (Å²) in [5.74, 6) is -1.48. The van der Waals surface area contributed by atoms with Gasteiger partial charge in [0.1, 0.15) is 0 Å². The molecule has 0 radical (unpaired) electrons. The van der Waals surface area contributed by atoms with Crippen LogP contribution in [0.25, 0.3) is 10.9 Å². The maximum atomic E-state index is 13.6. The van der Waals surface area contributed by atoms with E-state index in [4.69, 9.17) is 0 Å². The van der Waals surface area contributed by atoms with Gasteiger partial charge in [-0.3, -0.25) is 24.3 Å². The second-order valence-electron chi connectivity index (χ2n) is 9.55. The van der Waals surface area contributed by atoms with Crippen molar-refractivity contribution in [3.63, 3.8) is 0 Å². The van der Waals surface area contributed by atoms with Gasteiger partial charge < -0.3 is 4.90 Å². The summed E-state index contributed by atoms with van der Waals surface area (Å²) < 4.78 is 40.5. The van der Waals surface area contributed by atoms with Crippen LogP contribution in [0, 0.1) is 0 Å². The Bertz CT molecular complexity index is 1360. The van der Waals surface area contributed by atoms with E-state index in [0.717, 1.165) is 33.5 Å². The van der Waals surface area contributed by atoms with Crippen LogP contribution in [0.1, 0.15) is 42.4 Å². The zero-order valence-electron chi connectivity index (χ0n) is 19.6. The largest absolute Gasteiger partial charge is 0.416 e. The number of carbonyl (C=O) groups is 3. The number of hydrogen-bond acceptors (Lipinski definition) is 4. The van der Waals surface area contributed by atoms with Crippen LogP contribution in [0.15, 0.2) is 60.8 Å². The fourth-order valence-corrected chi connectivity index (χ4v) is 4.97. The van der Waals surface area contributed by atoms with E-state index < -0.39 is 41.3 Å². The Balaban J connectivity index is 1.48. The average Bonchev–Trinajstić information content (AvgIpc) is 3.64. The normalized spacial score (nSPS) is 20.3. The lowest BCUT2D eigenvalue weighted by molar-refractivity contribution is -0.143. The summed E-state index contributed by atoms with van der Waals surface area (Å²) in [5.41, 5.74) is -0.943. The summed E-state index contributed by atoms with van der Waals surface area (Å²) >= 11 is 0. The van der Waals surface area contributed by atoms with E-state index in [0.29, 0.717) is 12.8 Å². The second-order valence-corrected chi connectivity index (χ2v) is 9.55. The monoisotopic (exact) mass is 495 g/mol. The van der Waals surface area contributed by atoms with Gasteiger partial charge in [0.15, 0.2) is 0 Å². The van der Waals surface area contributed by atoms with Gasteiger partial charge >= 0.3 is 6.18 Å². The molecule has 2 fully saturated rings. The zero-order valence-corrected chi connectivity index (χ0v) is 19.6. The molecule has 36 heavy (non-hydrogen) atoms. The number of rotatable bonds is 6. The number of hydrogen-bond donors (Lipinski definition) is 0. The number of benzene rings is 2. The highest BCUT2D eigenvalue weighted by atomic mass is 19.4. The number of likely N-dealkylation sites (tertiary alicyclic amines) is 1. The van der Waals surface area contributed by atoms with Gasteiger partial charge in [-0.05, 0) is 42.2 Å². The number of amides is 3. The quantitative estimate of drug-likeness (QED) is 0.474. The number of nitrogens with zero attached hydrogens (tertiary/aromatic N) is 3. The molecule has 0 unspecified atom stereocenters. The molecule has 2 heterocycles. The molecular formula is C27H24F3N3O3. The molecule has 6 nitrogen and oxygen atoms in total. The van der Waals surface area contributed by atoms with Crippen LogP contribution < -0.4 is 0 Å². The third-order valence-corrected chi connectivity index (χ3v) is 7.03. The van der Waals surface area contributed by atoms with E-state index in [-0.39, 0.29) is 24.6 Å². The predicted molar refractivity (Wildman–Crippen MR) is 125 cm³/mol. The Morgan fingerprint density at radius 3 is 2.58 bits per heavy atom. The maximum Gasteiger partial charge on any atom is 0.416 e. The van der Waals surface area contributed by atoms with E-state index in [1.165, 1.54) is 17.0 Å². The molecule has 9 heteroatoms. The van der Waals surface area contributed by atoms with E-state index in [1.54, 1.807) is 19.3 Å². The van der Waals surface area contributed by atoms with Gasteiger partial charge in [-0.25, -0.2) is 0 Å². The van der Waals surface area contributed by atoms with Gasteiger partial charge in [0.25, 0.3) is 0 Å². The first-order chi connectivity index (χ1) is 17.1. The number of imide groups is 1. The zero-order chi connectivity index (χ0) is 25.7. The molecule has 1 aliphatic heterocycles. The smallest absolute Gasteiger partial charge is 0.341 e. The van der Waals surface area contributed by atoms with Crippen LogP contribution in [0.5, 0.6) is 0 Å². The number of halogens is 3. The lowest BCUT2D eigenvalue weighted by Crippen LogP contribution is -2.43. The Labute approximate surface area is 205 Å². The van der Waals surface area contributed by atoms with Crippen molar-refractivity contribution < 1.29 is 27.6 Å². The minimum absolute atomic E-state index is 0.0370. The topological polar surface area (TPSA) is 70.6 Å². The van der Waals surface area contributed by atoms with Gasteiger partial charge in [0.2, 0.25) is 17.7 Å². The summed E-state index contributed by atoms with van der Waals surface area (Å²) in [6.45, 7) is 0.217. The summed E-state index contributed by atoms with van der Waals surface area (Å²) in [6.07, 6.45) is -2.35. The van der Waals surface area contributed by atoms with Crippen molar-refractivity contribution in [2.45, 2.75) is 49.9 Å². The lowest BCUT2D eigenvalue weighted by atomic mass is 9.75. The van der Waals surface area contributed by atoms with E-state index in [2.05, 4.69) is 4.98 Å². The van der Waals surface area contributed by atoms with Gasteiger partial charge in [0, 0.05) is 44.1 Å². The van der Waals surface area contributed by atoms with Crippen molar-refractivity contribution in [1.29, 1.82) is 0 Å². The fourth-order valence-electron chi connectivity index (χ4n) is 4.97. The van der Waals surface area contributed by atoms with Crippen LogP contribution in [0.3, 0.4) is 0 Å². The minimum atomic E-state index is -4.62. The van der Waals surface area contributed by atoms with Crippen molar-refractivity contribution in [3.8, 4) is 0 Å². The summed E-state index contributed by atoms with van der Waals surface area (Å²) in [4.78, 5) is 46.9. The molecule has 1 saturated heterocycles. The molecule has 2 aliphatic rings.